The van der Waals surface area contributed by atoms with Gasteiger partial charge in [0, 0.05) is 0 Å². The molecule has 1 unspecified atom stereocenters. The molecule has 3 heteroatoms. The van der Waals surface area contributed by atoms with E-state index in [1.54, 1.807) is 13.0 Å². The molecule has 1 atom stereocenters. The Labute approximate surface area is 88.1 Å². The van der Waals surface area contributed by atoms with Gasteiger partial charge in [-0.15, -0.1) is 0 Å². The fraction of sp³-hybridized carbons (Fsp3) is 0.417. The number of esters is 1. The summed E-state index contributed by atoms with van der Waals surface area (Å²) in [6.45, 7) is 3.59. The molecule has 0 N–H and O–H groups in total. The van der Waals surface area contributed by atoms with Crippen molar-refractivity contribution in [2.75, 3.05) is 0 Å². The quantitative estimate of drug-likeness (QED) is 0.524. The molecule has 2 nitrogen and oxygen atoms in total. The number of fused-ring (bicyclic) bond motifs is 1. The van der Waals surface area contributed by atoms with E-state index in [1.165, 1.54) is 0 Å². The number of aryl methyl sites for hydroxylation is 1. The van der Waals surface area contributed by atoms with Gasteiger partial charge in [-0.1, -0.05) is 19.1 Å². The summed E-state index contributed by atoms with van der Waals surface area (Å²) in [6, 6.07) is 3.56. The molecule has 80 valence electrons. The highest BCUT2D eigenvalue weighted by Crippen LogP contribution is 2.33. The van der Waals surface area contributed by atoms with Crippen LogP contribution in [0.2, 0.25) is 0 Å². The molecule has 1 aliphatic rings. The monoisotopic (exact) mass is 208 g/mol. The summed E-state index contributed by atoms with van der Waals surface area (Å²) in [5, 5.41) is 0. The number of ether oxygens (including phenoxy) is 1. The minimum absolute atomic E-state index is 0.125. The molecule has 2 rings (SSSR count). The molecule has 15 heavy (non-hydrogen) atoms. The van der Waals surface area contributed by atoms with Crippen molar-refractivity contribution in [2.24, 2.45) is 5.92 Å². The minimum Gasteiger partial charge on any atom is -0.423 e. The number of hydrogen-bond donors (Lipinski definition) is 0. The summed E-state index contributed by atoms with van der Waals surface area (Å²) in [5.41, 5.74) is 1.31. The van der Waals surface area contributed by atoms with Gasteiger partial charge in [0.25, 0.3) is 0 Å². The highest BCUT2D eigenvalue weighted by molar-refractivity contribution is 5.78. The Bertz CT molecular complexity index is 412. The Hall–Kier alpha value is -1.38. The van der Waals surface area contributed by atoms with Crippen LogP contribution >= 0.6 is 0 Å². The summed E-state index contributed by atoms with van der Waals surface area (Å²) in [7, 11) is 0. The Balaban J connectivity index is 2.45. The maximum Gasteiger partial charge on any atom is 0.314 e. The van der Waals surface area contributed by atoms with E-state index in [0.29, 0.717) is 12.0 Å². The van der Waals surface area contributed by atoms with Crippen LogP contribution in [0.4, 0.5) is 4.39 Å². The molecular formula is C12H13FO2. The predicted molar refractivity (Wildman–Crippen MR) is 54.3 cm³/mol. The topological polar surface area (TPSA) is 26.3 Å². The third kappa shape index (κ3) is 1.62. The second kappa shape index (κ2) is 3.65. The van der Waals surface area contributed by atoms with Gasteiger partial charge in [0.1, 0.15) is 0 Å². The van der Waals surface area contributed by atoms with E-state index in [-0.39, 0.29) is 17.6 Å². The Kier molecular flexibility index (Phi) is 2.47. The summed E-state index contributed by atoms with van der Waals surface area (Å²) in [6.07, 6.45) is 1.32. The van der Waals surface area contributed by atoms with Crippen molar-refractivity contribution < 1.29 is 13.9 Å². The number of rotatable bonds is 1. The van der Waals surface area contributed by atoms with Crippen LogP contribution in [0.25, 0.3) is 0 Å². The van der Waals surface area contributed by atoms with Crippen molar-refractivity contribution in [1.82, 2.24) is 0 Å². The summed E-state index contributed by atoms with van der Waals surface area (Å²) in [4.78, 5) is 11.5. The van der Waals surface area contributed by atoms with Crippen LogP contribution in [-0.2, 0) is 11.2 Å². The van der Waals surface area contributed by atoms with Gasteiger partial charge in [-0.2, -0.15) is 0 Å². The third-order valence-electron chi connectivity index (χ3n) is 2.87. The van der Waals surface area contributed by atoms with E-state index in [1.807, 2.05) is 13.0 Å². The van der Waals surface area contributed by atoms with Crippen molar-refractivity contribution in [2.45, 2.75) is 26.7 Å². The first kappa shape index (κ1) is 10.1. The van der Waals surface area contributed by atoms with Gasteiger partial charge in [-0.3, -0.25) is 4.79 Å². The number of carbonyl (C=O) groups excluding carboxylic acids is 1. The van der Waals surface area contributed by atoms with Gasteiger partial charge in [0.05, 0.1) is 5.92 Å². The van der Waals surface area contributed by atoms with Crippen molar-refractivity contribution >= 4 is 5.97 Å². The lowest BCUT2D eigenvalue weighted by Gasteiger charge is -2.23. The minimum atomic E-state index is -0.407. The molecule has 0 bridgehead atoms. The smallest absolute Gasteiger partial charge is 0.314 e. The number of halogens is 1. The van der Waals surface area contributed by atoms with E-state index in [0.717, 1.165) is 12.0 Å². The van der Waals surface area contributed by atoms with Crippen LogP contribution in [0, 0.1) is 18.7 Å². The molecule has 1 heterocycles. The average Bonchev–Trinajstić information content (AvgIpc) is 2.24. The molecule has 0 saturated heterocycles. The van der Waals surface area contributed by atoms with Gasteiger partial charge < -0.3 is 4.74 Å². The lowest BCUT2D eigenvalue weighted by Crippen LogP contribution is -2.27. The van der Waals surface area contributed by atoms with Crippen LogP contribution in [0.1, 0.15) is 24.5 Å². The molecule has 0 spiro atoms. The number of hydrogen-bond acceptors (Lipinski definition) is 2. The molecule has 0 amide bonds. The van der Waals surface area contributed by atoms with Crippen LogP contribution < -0.4 is 4.74 Å². The number of carbonyl (C=O) groups is 1. The Morgan fingerprint density at radius 1 is 1.53 bits per heavy atom. The van der Waals surface area contributed by atoms with E-state index in [4.69, 9.17) is 4.74 Å². The molecule has 1 aliphatic heterocycles. The van der Waals surface area contributed by atoms with Crippen LogP contribution in [0.15, 0.2) is 12.1 Å². The van der Waals surface area contributed by atoms with Crippen LogP contribution in [-0.4, -0.2) is 5.97 Å². The molecule has 0 aliphatic carbocycles. The third-order valence-corrected chi connectivity index (χ3v) is 2.87. The van der Waals surface area contributed by atoms with E-state index >= 15 is 0 Å². The number of benzene rings is 1. The molecule has 0 aromatic heterocycles. The van der Waals surface area contributed by atoms with E-state index in [9.17, 15) is 9.18 Å². The molecule has 0 fully saturated rings. The zero-order chi connectivity index (χ0) is 11.0. The van der Waals surface area contributed by atoms with Gasteiger partial charge in [-0.25, -0.2) is 4.39 Å². The van der Waals surface area contributed by atoms with Crippen molar-refractivity contribution in [3.8, 4) is 5.75 Å². The Morgan fingerprint density at radius 2 is 2.27 bits per heavy atom. The van der Waals surface area contributed by atoms with E-state index < -0.39 is 5.82 Å². The van der Waals surface area contributed by atoms with Crippen LogP contribution in [0.5, 0.6) is 5.75 Å². The van der Waals surface area contributed by atoms with Crippen molar-refractivity contribution in [3.63, 3.8) is 0 Å². The normalized spacial score (nSPS) is 19.7. The zero-order valence-corrected chi connectivity index (χ0v) is 8.84. The fourth-order valence-electron chi connectivity index (χ4n) is 1.81. The van der Waals surface area contributed by atoms with Gasteiger partial charge in [0.15, 0.2) is 11.6 Å². The maximum atomic E-state index is 13.6. The fourth-order valence-corrected chi connectivity index (χ4v) is 1.81. The maximum absolute atomic E-state index is 13.6. The van der Waals surface area contributed by atoms with Crippen molar-refractivity contribution in [1.29, 1.82) is 0 Å². The second-order valence-corrected chi connectivity index (χ2v) is 3.92. The second-order valence-electron chi connectivity index (χ2n) is 3.92. The molecule has 1 aromatic carbocycles. The van der Waals surface area contributed by atoms with Gasteiger partial charge in [0.2, 0.25) is 0 Å². The first-order valence-corrected chi connectivity index (χ1v) is 5.13. The first-order valence-electron chi connectivity index (χ1n) is 5.13. The summed E-state index contributed by atoms with van der Waals surface area (Å²) in [5.74, 6) is -0.714. The molecular weight excluding hydrogens is 195 g/mol. The molecule has 1 aromatic rings. The SMILES string of the molecule is CCC1Cc2ccc(C)c(F)c2OC1=O. The Morgan fingerprint density at radius 3 is 2.93 bits per heavy atom. The largest absolute Gasteiger partial charge is 0.423 e. The van der Waals surface area contributed by atoms with Crippen molar-refractivity contribution in [3.05, 3.63) is 29.1 Å². The van der Waals surface area contributed by atoms with Crippen LogP contribution in [0.3, 0.4) is 0 Å². The van der Waals surface area contributed by atoms with Gasteiger partial charge in [-0.05, 0) is 30.9 Å². The highest BCUT2D eigenvalue weighted by atomic mass is 19.1. The standard InChI is InChI=1S/C12H13FO2/c1-3-8-6-9-5-4-7(2)10(13)11(9)15-12(8)14/h4-5,8H,3,6H2,1-2H3. The van der Waals surface area contributed by atoms with Gasteiger partial charge >= 0.3 is 5.97 Å². The summed E-state index contributed by atoms with van der Waals surface area (Å²) >= 11 is 0. The lowest BCUT2D eigenvalue weighted by molar-refractivity contribution is -0.140. The average molecular weight is 208 g/mol. The molecule has 0 saturated carbocycles. The highest BCUT2D eigenvalue weighted by Gasteiger charge is 2.29. The van der Waals surface area contributed by atoms with E-state index in [2.05, 4.69) is 0 Å². The predicted octanol–water partition coefficient (Wildman–Crippen LogP) is 2.62. The first-order chi connectivity index (χ1) is 7.13. The molecule has 0 radical (unpaired) electrons. The summed E-state index contributed by atoms with van der Waals surface area (Å²) < 4.78 is 18.6. The lowest BCUT2D eigenvalue weighted by atomic mass is 9.93. The zero-order valence-electron chi connectivity index (χ0n) is 8.84.